The van der Waals surface area contributed by atoms with Crippen molar-refractivity contribution >= 4 is 22.6 Å². The molecule has 6 nitrogen and oxygen atoms in total. The van der Waals surface area contributed by atoms with Crippen LogP contribution in [0.1, 0.15) is 41.4 Å². The first-order valence-corrected chi connectivity index (χ1v) is 10.1. The van der Waals surface area contributed by atoms with Crippen LogP contribution in [0.25, 0.3) is 10.9 Å². The zero-order valence-corrected chi connectivity index (χ0v) is 17.3. The Morgan fingerprint density at radius 2 is 1.71 bits per heavy atom. The van der Waals surface area contributed by atoms with Gasteiger partial charge in [-0.1, -0.05) is 18.2 Å². The quantitative estimate of drug-likeness (QED) is 0.428. The zero-order chi connectivity index (χ0) is 21.8. The Bertz CT molecular complexity index is 1190. The summed E-state index contributed by atoms with van der Waals surface area (Å²) in [6.45, 7) is 3.63. The second-order valence-electron chi connectivity index (χ2n) is 7.47. The van der Waals surface area contributed by atoms with Crippen LogP contribution in [0.4, 0.5) is 5.69 Å². The molecule has 0 saturated heterocycles. The molecule has 0 fully saturated rings. The lowest BCUT2D eigenvalue weighted by molar-refractivity contribution is 0.0378. The molecule has 2 N–H and O–H groups in total. The molecule has 0 saturated carbocycles. The molecule has 2 aromatic carbocycles. The SMILES string of the molecule is CC(C)OC(=O)c1ccc(NC(c2ccncc2)c2ccc3cccnc3c2O)cc1. The molecular formula is C25H23N3O3. The summed E-state index contributed by atoms with van der Waals surface area (Å²) in [4.78, 5) is 20.6. The fraction of sp³-hybridized carbons (Fsp3) is 0.160. The number of fused-ring (bicyclic) bond motifs is 1. The number of hydrogen-bond donors (Lipinski definition) is 2. The lowest BCUT2D eigenvalue weighted by atomic mass is 9.96. The van der Waals surface area contributed by atoms with E-state index in [2.05, 4.69) is 15.3 Å². The van der Waals surface area contributed by atoms with Crippen molar-refractivity contribution in [3.05, 3.63) is 95.9 Å². The lowest BCUT2D eigenvalue weighted by Gasteiger charge is -2.22. The third-order valence-corrected chi connectivity index (χ3v) is 4.90. The van der Waals surface area contributed by atoms with Gasteiger partial charge >= 0.3 is 5.97 Å². The maximum atomic E-state index is 12.1. The molecule has 0 aliphatic heterocycles. The number of hydrogen-bond acceptors (Lipinski definition) is 6. The monoisotopic (exact) mass is 413 g/mol. The number of nitrogens with one attached hydrogen (secondary N) is 1. The van der Waals surface area contributed by atoms with Crippen molar-refractivity contribution < 1.29 is 14.6 Å². The Balaban J connectivity index is 1.69. The van der Waals surface area contributed by atoms with Crippen LogP contribution in [0.2, 0.25) is 0 Å². The fourth-order valence-corrected chi connectivity index (χ4v) is 3.43. The van der Waals surface area contributed by atoms with E-state index in [-0.39, 0.29) is 23.9 Å². The Morgan fingerprint density at radius 1 is 0.968 bits per heavy atom. The molecule has 0 aliphatic carbocycles. The summed E-state index contributed by atoms with van der Waals surface area (Å²) in [5.41, 5.74) is 3.46. The molecule has 0 bridgehead atoms. The largest absolute Gasteiger partial charge is 0.505 e. The van der Waals surface area contributed by atoms with E-state index < -0.39 is 0 Å². The molecule has 4 aromatic rings. The van der Waals surface area contributed by atoms with Gasteiger partial charge in [-0.25, -0.2) is 4.79 Å². The van der Waals surface area contributed by atoms with Crippen molar-refractivity contribution in [3.63, 3.8) is 0 Å². The van der Waals surface area contributed by atoms with Gasteiger partial charge in [-0.3, -0.25) is 9.97 Å². The van der Waals surface area contributed by atoms with Crippen LogP contribution in [0.15, 0.2) is 79.3 Å². The van der Waals surface area contributed by atoms with Crippen LogP contribution in [0, 0.1) is 0 Å². The van der Waals surface area contributed by atoms with E-state index in [1.54, 1.807) is 30.7 Å². The average Bonchev–Trinajstić information content (AvgIpc) is 2.79. The average molecular weight is 413 g/mol. The summed E-state index contributed by atoms with van der Waals surface area (Å²) in [7, 11) is 0. The highest BCUT2D eigenvalue weighted by atomic mass is 16.5. The molecule has 1 atom stereocenters. The van der Waals surface area contributed by atoms with Gasteiger partial charge in [-0.2, -0.15) is 0 Å². The summed E-state index contributed by atoms with van der Waals surface area (Å²) >= 11 is 0. The van der Waals surface area contributed by atoms with E-state index in [1.807, 2.05) is 62.4 Å². The van der Waals surface area contributed by atoms with E-state index in [1.165, 1.54) is 0 Å². The number of aromatic hydroxyl groups is 1. The molecule has 2 aromatic heterocycles. The van der Waals surface area contributed by atoms with Gasteiger partial charge in [0.25, 0.3) is 0 Å². The Labute approximate surface area is 180 Å². The van der Waals surface area contributed by atoms with Gasteiger partial charge in [0.15, 0.2) is 0 Å². The van der Waals surface area contributed by atoms with Crippen molar-refractivity contribution in [2.45, 2.75) is 26.0 Å². The summed E-state index contributed by atoms with van der Waals surface area (Å²) < 4.78 is 5.25. The number of pyridine rings is 2. The smallest absolute Gasteiger partial charge is 0.338 e. The lowest BCUT2D eigenvalue weighted by Crippen LogP contribution is -2.14. The van der Waals surface area contributed by atoms with Crippen molar-refractivity contribution in [1.82, 2.24) is 9.97 Å². The third-order valence-electron chi connectivity index (χ3n) is 4.90. The molecule has 2 heterocycles. The van der Waals surface area contributed by atoms with Gasteiger partial charge in [0, 0.05) is 35.2 Å². The highest BCUT2D eigenvalue weighted by Gasteiger charge is 2.20. The number of phenolic OH excluding ortho intramolecular Hbond substituents is 1. The van der Waals surface area contributed by atoms with Crippen molar-refractivity contribution in [3.8, 4) is 5.75 Å². The van der Waals surface area contributed by atoms with E-state index in [9.17, 15) is 9.90 Å². The molecule has 0 aliphatic rings. The molecule has 0 amide bonds. The summed E-state index contributed by atoms with van der Waals surface area (Å²) in [6, 6.07) is 18.1. The number of aromatic nitrogens is 2. The van der Waals surface area contributed by atoms with Gasteiger partial charge in [-0.15, -0.1) is 0 Å². The standard InChI is InChI=1S/C25H23N3O3/c1-16(2)31-25(30)19-5-8-20(9-6-19)28-22(18-11-14-26-15-12-18)21-10-7-17-4-3-13-27-23(17)24(21)29/h3-16,22,28-29H,1-2H3. The Kier molecular flexibility index (Phi) is 5.80. The molecular weight excluding hydrogens is 390 g/mol. The minimum absolute atomic E-state index is 0.129. The Hall–Kier alpha value is -3.93. The minimum atomic E-state index is -0.356. The number of benzene rings is 2. The van der Waals surface area contributed by atoms with E-state index in [0.29, 0.717) is 16.6 Å². The second-order valence-corrected chi connectivity index (χ2v) is 7.47. The van der Waals surface area contributed by atoms with Crippen LogP contribution in [-0.2, 0) is 4.74 Å². The topological polar surface area (TPSA) is 84.3 Å². The molecule has 0 radical (unpaired) electrons. The first-order valence-electron chi connectivity index (χ1n) is 10.1. The first-order chi connectivity index (χ1) is 15.0. The number of carbonyl (C=O) groups excluding carboxylic acids is 1. The van der Waals surface area contributed by atoms with Gasteiger partial charge in [0.2, 0.25) is 0 Å². The van der Waals surface area contributed by atoms with Crippen LogP contribution >= 0.6 is 0 Å². The molecule has 0 spiro atoms. The molecule has 6 heteroatoms. The number of ether oxygens (including phenoxy) is 1. The van der Waals surface area contributed by atoms with Gasteiger partial charge < -0.3 is 15.2 Å². The van der Waals surface area contributed by atoms with Gasteiger partial charge in [0.1, 0.15) is 11.3 Å². The van der Waals surface area contributed by atoms with Crippen LogP contribution in [0.5, 0.6) is 5.75 Å². The zero-order valence-electron chi connectivity index (χ0n) is 17.3. The van der Waals surface area contributed by atoms with Crippen LogP contribution < -0.4 is 5.32 Å². The normalized spacial score (nSPS) is 12.0. The highest BCUT2D eigenvalue weighted by molar-refractivity contribution is 5.90. The second kappa shape index (κ2) is 8.83. The van der Waals surface area contributed by atoms with E-state index >= 15 is 0 Å². The van der Waals surface area contributed by atoms with Crippen LogP contribution in [-0.4, -0.2) is 27.1 Å². The van der Waals surface area contributed by atoms with E-state index in [4.69, 9.17) is 4.74 Å². The van der Waals surface area contributed by atoms with Gasteiger partial charge in [0.05, 0.1) is 17.7 Å². The van der Waals surface area contributed by atoms with Gasteiger partial charge in [-0.05, 0) is 61.9 Å². The maximum Gasteiger partial charge on any atom is 0.338 e. The summed E-state index contributed by atoms with van der Waals surface area (Å²) in [5, 5.41) is 15.3. The molecule has 156 valence electrons. The number of nitrogens with zero attached hydrogens (tertiary/aromatic N) is 2. The van der Waals surface area contributed by atoms with Crippen molar-refractivity contribution in [2.24, 2.45) is 0 Å². The molecule has 4 rings (SSSR count). The fourth-order valence-electron chi connectivity index (χ4n) is 3.43. The number of carbonyl (C=O) groups is 1. The summed E-state index contributed by atoms with van der Waals surface area (Å²) in [5.74, 6) is -0.227. The van der Waals surface area contributed by atoms with Crippen molar-refractivity contribution in [2.75, 3.05) is 5.32 Å². The predicted octanol–water partition coefficient (Wildman–Crippen LogP) is 5.10. The highest BCUT2D eigenvalue weighted by Crippen LogP contribution is 2.36. The molecule has 31 heavy (non-hydrogen) atoms. The number of esters is 1. The minimum Gasteiger partial charge on any atom is -0.505 e. The Morgan fingerprint density at radius 3 is 2.42 bits per heavy atom. The maximum absolute atomic E-state index is 12.1. The predicted molar refractivity (Wildman–Crippen MR) is 120 cm³/mol. The number of anilines is 1. The first kappa shape index (κ1) is 20.3. The number of rotatable bonds is 6. The van der Waals surface area contributed by atoms with Crippen molar-refractivity contribution in [1.29, 1.82) is 0 Å². The van der Waals surface area contributed by atoms with E-state index in [0.717, 1.165) is 16.6 Å². The molecule has 1 unspecified atom stereocenters. The number of phenols is 1. The van der Waals surface area contributed by atoms with Crippen LogP contribution in [0.3, 0.4) is 0 Å². The summed E-state index contributed by atoms with van der Waals surface area (Å²) in [6.07, 6.45) is 4.91. The third kappa shape index (κ3) is 4.48.